The summed E-state index contributed by atoms with van der Waals surface area (Å²) < 4.78 is 1.07. The van der Waals surface area contributed by atoms with Gasteiger partial charge >= 0.3 is 0 Å². The first-order chi connectivity index (χ1) is 11.7. The van der Waals surface area contributed by atoms with E-state index in [1.54, 1.807) is 6.20 Å². The van der Waals surface area contributed by atoms with Gasteiger partial charge in [-0.1, -0.05) is 34.1 Å². The number of hydrogen-bond acceptors (Lipinski definition) is 5. The molecular weight excluding hydrogens is 366 g/mol. The number of nitrogens with one attached hydrogen (secondary N) is 1. The summed E-state index contributed by atoms with van der Waals surface area (Å²) in [5.41, 5.74) is 3.15. The van der Waals surface area contributed by atoms with Crippen LogP contribution in [0.4, 0.5) is 23.1 Å². The molecule has 0 aliphatic rings. The van der Waals surface area contributed by atoms with Gasteiger partial charge in [-0.25, -0.2) is 0 Å². The predicted molar refractivity (Wildman–Crippen MR) is 101 cm³/mol. The fraction of sp³-hybridized carbons (Fsp3) is 0.167. The highest BCUT2D eigenvalue weighted by Gasteiger charge is 2.10. The second-order valence-electron chi connectivity index (χ2n) is 5.31. The van der Waals surface area contributed by atoms with Gasteiger partial charge in [0, 0.05) is 22.4 Å². The first-order valence-corrected chi connectivity index (χ1v) is 8.52. The molecule has 122 valence electrons. The van der Waals surface area contributed by atoms with Crippen LogP contribution in [0.2, 0.25) is 0 Å². The molecule has 0 saturated carbocycles. The maximum Gasteiger partial charge on any atom is 0.249 e. The quantitative estimate of drug-likeness (QED) is 0.682. The average Bonchev–Trinajstić information content (AvgIpc) is 2.60. The fourth-order valence-corrected chi connectivity index (χ4v) is 2.66. The number of hydrogen-bond donors (Lipinski definition) is 1. The highest BCUT2D eigenvalue weighted by Crippen LogP contribution is 2.25. The number of nitrogens with zero attached hydrogens (tertiary/aromatic N) is 4. The minimum absolute atomic E-state index is 0.476. The van der Waals surface area contributed by atoms with Crippen LogP contribution >= 0.6 is 15.9 Å². The summed E-state index contributed by atoms with van der Waals surface area (Å²) in [5.74, 6) is 1.23. The van der Waals surface area contributed by atoms with Gasteiger partial charge in [-0.15, -0.1) is 5.10 Å². The van der Waals surface area contributed by atoms with Crippen molar-refractivity contribution in [2.45, 2.75) is 13.8 Å². The van der Waals surface area contributed by atoms with Crippen LogP contribution in [-0.2, 0) is 0 Å². The summed E-state index contributed by atoms with van der Waals surface area (Å²) in [7, 11) is 0. The molecule has 1 aromatic heterocycles. The van der Waals surface area contributed by atoms with E-state index in [-0.39, 0.29) is 0 Å². The molecule has 0 bridgehead atoms. The van der Waals surface area contributed by atoms with Crippen LogP contribution in [-0.4, -0.2) is 21.7 Å². The molecule has 0 saturated heterocycles. The third-order valence-electron chi connectivity index (χ3n) is 3.62. The summed E-state index contributed by atoms with van der Waals surface area (Å²) in [5, 5.41) is 11.4. The van der Waals surface area contributed by atoms with E-state index in [1.807, 2.05) is 43.3 Å². The summed E-state index contributed by atoms with van der Waals surface area (Å²) in [6, 6.07) is 16.1. The molecule has 0 amide bonds. The number of aromatic nitrogens is 3. The standard InChI is InChI=1S/C18H18BrN5/c1-3-24(15-7-5-4-6-8-15)17-12-20-23-18(22-17)21-14-9-10-16(19)13(2)11-14/h4-12H,3H2,1-2H3,(H,21,22,23). The third kappa shape index (κ3) is 3.71. The molecular formula is C18H18BrN5. The van der Waals surface area contributed by atoms with Gasteiger partial charge in [0.2, 0.25) is 5.95 Å². The topological polar surface area (TPSA) is 53.9 Å². The summed E-state index contributed by atoms with van der Waals surface area (Å²) in [6.45, 7) is 4.92. The molecule has 0 aliphatic carbocycles. The van der Waals surface area contributed by atoms with Crippen molar-refractivity contribution in [2.24, 2.45) is 0 Å². The van der Waals surface area contributed by atoms with E-state index in [9.17, 15) is 0 Å². The van der Waals surface area contributed by atoms with E-state index < -0.39 is 0 Å². The molecule has 0 spiro atoms. The zero-order chi connectivity index (χ0) is 16.9. The molecule has 0 atom stereocenters. The SMILES string of the molecule is CCN(c1ccccc1)c1cnnc(Nc2ccc(Br)c(C)c2)n1. The molecule has 3 rings (SSSR count). The first-order valence-electron chi connectivity index (χ1n) is 7.73. The number of aryl methyl sites for hydroxylation is 1. The molecule has 1 heterocycles. The van der Waals surface area contributed by atoms with Crippen molar-refractivity contribution >= 4 is 39.1 Å². The summed E-state index contributed by atoms with van der Waals surface area (Å²) in [6.07, 6.45) is 1.68. The van der Waals surface area contributed by atoms with Gasteiger partial charge in [-0.2, -0.15) is 10.1 Å². The van der Waals surface area contributed by atoms with Crippen LogP contribution in [0.25, 0.3) is 0 Å². The van der Waals surface area contributed by atoms with Gasteiger partial charge in [0.15, 0.2) is 5.82 Å². The van der Waals surface area contributed by atoms with Crippen LogP contribution in [0.5, 0.6) is 0 Å². The van der Waals surface area contributed by atoms with Gasteiger partial charge < -0.3 is 10.2 Å². The van der Waals surface area contributed by atoms with Crippen molar-refractivity contribution in [3.8, 4) is 0 Å². The van der Waals surface area contributed by atoms with Crippen LogP contribution < -0.4 is 10.2 Å². The normalized spacial score (nSPS) is 10.5. The lowest BCUT2D eigenvalue weighted by molar-refractivity contribution is 0.922. The lowest BCUT2D eigenvalue weighted by atomic mass is 10.2. The zero-order valence-electron chi connectivity index (χ0n) is 13.6. The Hall–Kier alpha value is -2.47. The van der Waals surface area contributed by atoms with Crippen molar-refractivity contribution in [2.75, 3.05) is 16.8 Å². The Balaban J connectivity index is 1.86. The largest absolute Gasteiger partial charge is 0.325 e. The highest BCUT2D eigenvalue weighted by atomic mass is 79.9. The van der Waals surface area contributed by atoms with Crippen LogP contribution in [0.15, 0.2) is 59.2 Å². The van der Waals surface area contributed by atoms with E-state index in [2.05, 4.69) is 60.4 Å². The molecule has 0 aliphatic heterocycles. The van der Waals surface area contributed by atoms with Crippen molar-refractivity contribution in [1.82, 2.24) is 15.2 Å². The Morgan fingerprint density at radius 2 is 1.92 bits per heavy atom. The number of rotatable bonds is 5. The molecule has 5 nitrogen and oxygen atoms in total. The fourth-order valence-electron chi connectivity index (χ4n) is 2.41. The Kier molecular flexibility index (Phi) is 5.05. The molecule has 6 heteroatoms. The number of halogens is 1. The van der Waals surface area contributed by atoms with Crippen molar-refractivity contribution in [1.29, 1.82) is 0 Å². The Bertz CT molecular complexity index is 823. The maximum absolute atomic E-state index is 4.60. The first kappa shape index (κ1) is 16.4. The van der Waals surface area contributed by atoms with Crippen molar-refractivity contribution < 1.29 is 0 Å². The number of para-hydroxylation sites is 1. The van der Waals surface area contributed by atoms with Crippen LogP contribution in [0, 0.1) is 6.92 Å². The molecule has 0 unspecified atom stereocenters. The van der Waals surface area contributed by atoms with Gasteiger partial charge in [-0.3, -0.25) is 0 Å². The minimum Gasteiger partial charge on any atom is -0.325 e. The number of anilines is 4. The second-order valence-corrected chi connectivity index (χ2v) is 6.16. The smallest absolute Gasteiger partial charge is 0.249 e. The predicted octanol–water partition coefficient (Wildman–Crippen LogP) is 4.84. The van der Waals surface area contributed by atoms with E-state index >= 15 is 0 Å². The Labute approximate surface area is 149 Å². The van der Waals surface area contributed by atoms with E-state index in [1.165, 1.54) is 0 Å². The van der Waals surface area contributed by atoms with E-state index in [4.69, 9.17) is 0 Å². The van der Waals surface area contributed by atoms with Crippen LogP contribution in [0.3, 0.4) is 0 Å². The molecule has 24 heavy (non-hydrogen) atoms. The highest BCUT2D eigenvalue weighted by molar-refractivity contribution is 9.10. The number of benzene rings is 2. The zero-order valence-corrected chi connectivity index (χ0v) is 15.2. The summed E-state index contributed by atoms with van der Waals surface area (Å²) in [4.78, 5) is 6.69. The molecule has 0 fully saturated rings. The van der Waals surface area contributed by atoms with Gasteiger partial charge in [0.05, 0.1) is 6.20 Å². The van der Waals surface area contributed by atoms with Gasteiger partial charge in [0.1, 0.15) is 0 Å². The Morgan fingerprint density at radius 1 is 1.12 bits per heavy atom. The second kappa shape index (κ2) is 7.40. The maximum atomic E-state index is 4.60. The van der Waals surface area contributed by atoms with Crippen LogP contribution in [0.1, 0.15) is 12.5 Å². The van der Waals surface area contributed by atoms with Crippen molar-refractivity contribution in [3.63, 3.8) is 0 Å². The van der Waals surface area contributed by atoms with Gasteiger partial charge in [0.25, 0.3) is 0 Å². The Morgan fingerprint density at radius 3 is 2.62 bits per heavy atom. The molecule has 3 aromatic rings. The lowest BCUT2D eigenvalue weighted by Crippen LogP contribution is -2.18. The molecule has 1 N–H and O–H groups in total. The van der Waals surface area contributed by atoms with E-state index in [0.717, 1.165) is 33.8 Å². The molecule has 2 aromatic carbocycles. The third-order valence-corrected chi connectivity index (χ3v) is 4.51. The summed E-state index contributed by atoms with van der Waals surface area (Å²) >= 11 is 3.50. The monoisotopic (exact) mass is 383 g/mol. The van der Waals surface area contributed by atoms with E-state index in [0.29, 0.717) is 5.95 Å². The minimum atomic E-state index is 0.476. The average molecular weight is 384 g/mol. The van der Waals surface area contributed by atoms with Gasteiger partial charge in [-0.05, 0) is 49.7 Å². The molecule has 0 radical (unpaired) electrons. The lowest BCUT2D eigenvalue weighted by Gasteiger charge is -2.21. The van der Waals surface area contributed by atoms with Crippen molar-refractivity contribution in [3.05, 3.63) is 64.8 Å².